The third-order valence-corrected chi connectivity index (χ3v) is 3.49. The topological polar surface area (TPSA) is 51.2 Å². The van der Waals surface area contributed by atoms with E-state index >= 15 is 0 Å². The summed E-state index contributed by atoms with van der Waals surface area (Å²) in [5.74, 6) is -0.533. The van der Waals surface area contributed by atoms with E-state index in [9.17, 15) is 9.18 Å². The molecule has 1 N–H and O–H groups in total. The molecule has 1 amide bonds. The molecule has 0 saturated carbocycles. The van der Waals surface area contributed by atoms with E-state index < -0.39 is 5.82 Å². The molecule has 1 heterocycles. The number of anilines is 1. The summed E-state index contributed by atoms with van der Waals surface area (Å²) in [7, 11) is 1.41. The van der Waals surface area contributed by atoms with Crippen LogP contribution in [0.5, 0.6) is 5.75 Å². The van der Waals surface area contributed by atoms with Crippen LogP contribution < -0.4 is 10.1 Å². The van der Waals surface area contributed by atoms with Crippen molar-refractivity contribution in [1.29, 1.82) is 0 Å². The summed E-state index contributed by atoms with van der Waals surface area (Å²) < 4.78 is 18.6. The zero-order valence-corrected chi connectivity index (χ0v) is 13.0. The van der Waals surface area contributed by atoms with E-state index in [0.29, 0.717) is 16.4 Å². The maximum Gasteiger partial charge on any atom is 0.250 e. The Hall–Kier alpha value is -2.47. The Morgan fingerprint density at radius 1 is 1.41 bits per heavy atom. The van der Waals surface area contributed by atoms with Gasteiger partial charge in [0.25, 0.3) is 0 Å². The van der Waals surface area contributed by atoms with Crippen molar-refractivity contribution >= 4 is 22.4 Å². The van der Waals surface area contributed by atoms with Gasteiger partial charge < -0.3 is 4.74 Å². The molecular weight excluding hydrogens is 303 g/mol. The van der Waals surface area contributed by atoms with E-state index in [0.717, 1.165) is 0 Å². The average molecular weight is 318 g/mol. The van der Waals surface area contributed by atoms with Crippen LogP contribution >= 0.6 is 11.3 Å². The van der Waals surface area contributed by atoms with Crippen LogP contribution in [-0.2, 0) is 4.79 Å². The average Bonchev–Trinajstić information content (AvgIpc) is 2.96. The third-order valence-electron chi connectivity index (χ3n) is 2.73. The molecule has 0 aliphatic rings. The summed E-state index contributed by atoms with van der Waals surface area (Å²) in [6.45, 7) is 1.86. The number of halogens is 1. The number of hydrogen-bond acceptors (Lipinski definition) is 4. The molecular formula is C16H15FN2O2S. The van der Waals surface area contributed by atoms with Crippen LogP contribution in [0, 0.1) is 5.82 Å². The lowest BCUT2D eigenvalue weighted by Gasteiger charge is -2.03. The zero-order valence-electron chi connectivity index (χ0n) is 12.2. The number of aromatic nitrogens is 1. The SMILES string of the molecule is CC=CC=CC(=O)Nc1nc(-c2ccc(OC)c(F)c2)cs1. The van der Waals surface area contributed by atoms with Crippen molar-refractivity contribution in [2.24, 2.45) is 0 Å². The van der Waals surface area contributed by atoms with Crippen molar-refractivity contribution < 1.29 is 13.9 Å². The second kappa shape index (κ2) is 7.51. The Morgan fingerprint density at radius 2 is 2.23 bits per heavy atom. The number of carbonyl (C=O) groups excluding carboxylic acids is 1. The van der Waals surface area contributed by atoms with Gasteiger partial charge in [0.05, 0.1) is 12.8 Å². The van der Waals surface area contributed by atoms with E-state index in [1.807, 2.05) is 13.0 Å². The Labute approximate surface area is 132 Å². The molecule has 6 heteroatoms. The number of allylic oxidation sites excluding steroid dienone is 3. The van der Waals surface area contributed by atoms with E-state index in [1.54, 1.807) is 29.7 Å². The summed E-state index contributed by atoms with van der Waals surface area (Å²) >= 11 is 1.28. The summed E-state index contributed by atoms with van der Waals surface area (Å²) in [4.78, 5) is 15.9. The number of ether oxygens (including phenoxy) is 1. The predicted octanol–water partition coefficient (Wildman–Crippen LogP) is 4.03. The number of benzene rings is 1. The minimum Gasteiger partial charge on any atom is -0.494 e. The van der Waals surface area contributed by atoms with Crippen molar-refractivity contribution in [2.45, 2.75) is 6.92 Å². The molecule has 1 aromatic carbocycles. The molecule has 0 atom stereocenters. The van der Waals surface area contributed by atoms with Crippen LogP contribution in [-0.4, -0.2) is 18.0 Å². The first kappa shape index (κ1) is 15.9. The van der Waals surface area contributed by atoms with Gasteiger partial charge in [-0.25, -0.2) is 9.37 Å². The highest BCUT2D eigenvalue weighted by Crippen LogP contribution is 2.28. The summed E-state index contributed by atoms with van der Waals surface area (Å²) in [5.41, 5.74) is 1.22. The normalized spacial score (nSPS) is 11.2. The monoisotopic (exact) mass is 318 g/mol. The van der Waals surface area contributed by atoms with E-state index in [1.165, 1.54) is 30.6 Å². The Kier molecular flexibility index (Phi) is 5.43. The largest absolute Gasteiger partial charge is 0.494 e. The summed E-state index contributed by atoms with van der Waals surface area (Å²) in [5, 5.41) is 4.87. The van der Waals surface area contributed by atoms with Crippen molar-refractivity contribution in [3.05, 3.63) is 53.7 Å². The second-order valence-corrected chi connectivity index (χ2v) is 5.12. The smallest absolute Gasteiger partial charge is 0.250 e. The minimum absolute atomic E-state index is 0.182. The van der Waals surface area contributed by atoms with Gasteiger partial charge >= 0.3 is 0 Å². The van der Waals surface area contributed by atoms with Gasteiger partial charge in [-0.3, -0.25) is 10.1 Å². The fourth-order valence-corrected chi connectivity index (χ4v) is 2.41. The molecule has 0 fully saturated rings. The number of thiazole rings is 1. The number of carbonyl (C=O) groups is 1. The van der Waals surface area contributed by atoms with Gasteiger partial charge in [0, 0.05) is 17.0 Å². The summed E-state index contributed by atoms with van der Waals surface area (Å²) in [6.07, 6.45) is 6.63. The Balaban J connectivity index is 2.11. The first-order valence-corrected chi connectivity index (χ1v) is 7.41. The van der Waals surface area contributed by atoms with Crippen LogP contribution in [0.4, 0.5) is 9.52 Å². The zero-order chi connectivity index (χ0) is 15.9. The minimum atomic E-state index is -0.451. The molecule has 0 saturated heterocycles. The van der Waals surface area contributed by atoms with Crippen LogP contribution in [0.1, 0.15) is 6.92 Å². The van der Waals surface area contributed by atoms with Crippen LogP contribution in [0.2, 0.25) is 0 Å². The van der Waals surface area contributed by atoms with Gasteiger partial charge in [-0.1, -0.05) is 18.2 Å². The molecule has 0 aliphatic carbocycles. The maximum atomic E-state index is 13.7. The van der Waals surface area contributed by atoms with Crippen LogP contribution in [0.15, 0.2) is 47.9 Å². The Bertz CT molecular complexity index is 723. The van der Waals surface area contributed by atoms with Gasteiger partial charge in [0.2, 0.25) is 5.91 Å². The number of amides is 1. The van der Waals surface area contributed by atoms with Gasteiger partial charge in [0.1, 0.15) is 0 Å². The van der Waals surface area contributed by atoms with Crippen molar-refractivity contribution in [3.63, 3.8) is 0 Å². The fraction of sp³-hybridized carbons (Fsp3) is 0.125. The molecule has 2 aromatic rings. The predicted molar refractivity (Wildman–Crippen MR) is 86.6 cm³/mol. The van der Waals surface area contributed by atoms with Crippen molar-refractivity contribution in [3.8, 4) is 17.0 Å². The van der Waals surface area contributed by atoms with E-state index in [-0.39, 0.29) is 11.7 Å². The number of hydrogen-bond donors (Lipinski definition) is 1. The molecule has 0 bridgehead atoms. The lowest BCUT2D eigenvalue weighted by molar-refractivity contribution is -0.111. The van der Waals surface area contributed by atoms with Crippen LogP contribution in [0.25, 0.3) is 11.3 Å². The second-order valence-electron chi connectivity index (χ2n) is 4.26. The quantitative estimate of drug-likeness (QED) is 0.669. The van der Waals surface area contributed by atoms with Gasteiger partial charge in [-0.2, -0.15) is 0 Å². The molecule has 0 spiro atoms. The molecule has 0 radical (unpaired) electrons. The molecule has 1 aromatic heterocycles. The van der Waals surface area contributed by atoms with Crippen LogP contribution in [0.3, 0.4) is 0 Å². The summed E-state index contributed by atoms with van der Waals surface area (Å²) in [6, 6.07) is 4.61. The van der Waals surface area contributed by atoms with E-state index in [2.05, 4.69) is 10.3 Å². The maximum absolute atomic E-state index is 13.7. The van der Waals surface area contributed by atoms with Gasteiger partial charge in [-0.15, -0.1) is 11.3 Å². The highest BCUT2D eigenvalue weighted by Gasteiger charge is 2.09. The van der Waals surface area contributed by atoms with E-state index in [4.69, 9.17) is 4.74 Å². The molecule has 2 rings (SSSR count). The Morgan fingerprint density at radius 3 is 2.91 bits per heavy atom. The molecule has 22 heavy (non-hydrogen) atoms. The van der Waals surface area contributed by atoms with Crippen molar-refractivity contribution in [2.75, 3.05) is 12.4 Å². The lowest BCUT2D eigenvalue weighted by atomic mass is 10.1. The van der Waals surface area contributed by atoms with Gasteiger partial charge in [-0.05, 0) is 25.1 Å². The highest BCUT2D eigenvalue weighted by molar-refractivity contribution is 7.14. The highest BCUT2D eigenvalue weighted by atomic mass is 32.1. The molecule has 0 aliphatic heterocycles. The fourth-order valence-electron chi connectivity index (χ4n) is 1.69. The lowest BCUT2D eigenvalue weighted by Crippen LogP contribution is -2.07. The first-order chi connectivity index (χ1) is 10.6. The van der Waals surface area contributed by atoms with Crippen molar-refractivity contribution in [1.82, 2.24) is 4.98 Å². The molecule has 4 nitrogen and oxygen atoms in total. The number of nitrogens with one attached hydrogen (secondary N) is 1. The van der Waals surface area contributed by atoms with Gasteiger partial charge in [0.15, 0.2) is 16.7 Å². The third kappa shape index (κ3) is 4.02. The first-order valence-electron chi connectivity index (χ1n) is 6.54. The number of nitrogens with zero attached hydrogens (tertiary/aromatic N) is 1. The number of methoxy groups -OCH3 is 1. The standard InChI is InChI=1S/C16H15FN2O2S/c1-3-4-5-6-15(20)19-16-18-13(10-22-16)11-7-8-14(21-2)12(17)9-11/h3-10H,1-2H3,(H,18,19,20). The molecule has 0 unspecified atom stereocenters. The molecule has 114 valence electrons. The number of rotatable bonds is 5.